The van der Waals surface area contributed by atoms with Crippen LogP contribution in [0.15, 0.2) is 0 Å². The summed E-state index contributed by atoms with van der Waals surface area (Å²) in [5.74, 6) is -2.51. The summed E-state index contributed by atoms with van der Waals surface area (Å²) in [7, 11) is 0. The smallest absolute Gasteiger partial charge is 0.407 e. The normalized spacial score (nSPS) is 11.6. The molecular formula is C8H13NO6S. The van der Waals surface area contributed by atoms with Gasteiger partial charge in [-0.3, -0.25) is 4.79 Å². The van der Waals surface area contributed by atoms with Crippen molar-refractivity contribution in [3.63, 3.8) is 0 Å². The second-order valence-electron chi connectivity index (χ2n) is 2.66. The van der Waals surface area contributed by atoms with Crippen LogP contribution < -0.4 is 5.32 Å². The third kappa shape index (κ3) is 6.93. The fourth-order valence-corrected chi connectivity index (χ4v) is 1.51. The van der Waals surface area contributed by atoms with Crippen LogP contribution in [0.2, 0.25) is 0 Å². The maximum absolute atomic E-state index is 10.9. The van der Waals surface area contributed by atoms with E-state index in [-0.39, 0.29) is 18.1 Å². The Morgan fingerprint density at radius 2 is 2.00 bits per heavy atom. The molecule has 0 saturated carbocycles. The van der Waals surface area contributed by atoms with Crippen molar-refractivity contribution < 1.29 is 29.3 Å². The lowest BCUT2D eigenvalue weighted by Gasteiger charge is -2.13. The molecule has 0 aliphatic carbocycles. The molecule has 0 heterocycles. The number of ether oxygens (including phenoxy) is 1. The highest BCUT2D eigenvalue weighted by molar-refractivity contribution is 8.00. The van der Waals surface area contributed by atoms with Crippen LogP contribution in [0.1, 0.15) is 6.92 Å². The van der Waals surface area contributed by atoms with E-state index in [2.05, 4.69) is 10.1 Å². The van der Waals surface area contributed by atoms with Gasteiger partial charge in [0.25, 0.3) is 0 Å². The minimum absolute atomic E-state index is 0.0273. The molecule has 0 saturated heterocycles. The first-order valence-electron chi connectivity index (χ1n) is 4.43. The average molecular weight is 251 g/mol. The lowest BCUT2D eigenvalue weighted by atomic mass is 10.3. The minimum Gasteiger partial charge on any atom is -0.481 e. The van der Waals surface area contributed by atoms with E-state index < -0.39 is 24.1 Å². The molecule has 16 heavy (non-hydrogen) atoms. The number of carbonyl (C=O) groups is 3. The molecule has 7 nitrogen and oxygen atoms in total. The van der Waals surface area contributed by atoms with Crippen molar-refractivity contribution in [3.05, 3.63) is 0 Å². The van der Waals surface area contributed by atoms with E-state index in [1.54, 1.807) is 6.92 Å². The molecule has 0 aromatic rings. The van der Waals surface area contributed by atoms with Crippen molar-refractivity contribution in [2.45, 2.75) is 13.0 Å². The number of carboxylic acids is 2. The largest absolute Gasteiger partial charge is 0.481 e. The Morgan fingerprint density at radius 3 is 2.44 bits per heavy atom. The van der Waals surface area contributed by atoms with Gasteiger partial charge in [0.1, 0.15) is 6.04 Å². The number of aliphatic carboxylic acids is 2. The fourth-order valence-electron chi connectivity index (χ4n) is 0.754. The summed E-state index contributed by atoms with van der Waals surface area (Å²) in [4.78, 5) is 31.8. The molecule has 1 amide bonds. The first-order valence-corrected chi connectivity index (χ1v) is 5.58. The number of hydrogen-bond acceptors (Lipinski definition) is 5. The van der Waals surface area contributed by atoms with Gasteiger partial charge in [-0.15, -0.1) is 11.8 Å². The molecule has 0 fully saturated rings. The maximum Gasteiger partial charge on any atom is 0.407 e. The molecule has 1 atom stereocenters. The number of carboxylic acid groups (broad SMARTS) is 2. The van der Waals surface area contributed by atoms with Gasteiger partial charge in [0.2, 0.25) is 0 Å². The number of hydrogen-bond donors (Lipinski definition) is 3. The van der Waals surface area contributed by atoms with Gasteiger partial charge in [-0.25, -0.2) is 9.59 Å². The summed E-state index contributed by atoms with van der Waals surface area (Å²) in [5, 5.41) is 19.2. The van der Waals surface area contributed by atoms with Gasteiger partial charge in [-0.1, -0.05) is 0 Å². The van der Waals surface area contributed by atoms with E-state index in [0.717, 1.165) is 11.8 Å². The number of rotatable bonds is 7. The highest BCUT2D eigenvalue weighted by atomic mass is 32.2. The van der Waals surface area contributed by atoms with Crippen LogP contribution in [0.4, 0.5) is 4.79 Å². The zero-order chi connectivity index (χ0) is 12.6. The summed E-state index contributed by atoms with van der Waals surface area (Å²) in [5.41, 5.74) is 0. The summed E-state index contributed by atoms with van der Waals surface area (Å²) >= 11 is 0.907. The number of amides is 1. The average Bonchev–Trinajstić information content (AvgIpc) is 2.15. The van der Waals surface area contributed by atoms with Crippen LogP contribution in [0.25, 0.3) is 0 Å². The molecule has 0 bridgehead atoms. The topological polar surface area (TPSA) is 113 Å². The third-order valence-electron chi connectivity index (χ3n) is 1.38. The zero-order valence-corrected chi connectivity index (χ0v) is 9.45. The van der Waals surface area contributed by atoms with Crippen LogP contribution in [0, 0.1) is 0 Å². The van der Waals surface area contributed by atoms with E-state index in [9.17, 15) is 14.4 Å². The Labute approximate surface area is 96.2 Å². The second kappa shape index (κ2) is 7.80. The van der Waals surface area contributed by atoms with E-state index in [4.69, 9.17) is 10.2 Å². The van der Waals surface area contributed by atoms with Gasteiger partial charge in [-0.2, -0.15) is 0 Å². The molecule has 0 aromatic carbocycles. The van der Waals surface area contributed by atoms with Crippen LogP contribution in [0.3, 0.4) is 0 Å². The molecule has 92 valence electrons. The van der Waals surface area contributed by atoms with E-state index in [1.165, 1.54) is 0 Å². The van der Waals surface area contributed by atoms with Gasteiger partial charge >= 0.3 is 18.0 Å². The van der Waals surface area contributed by atoms with E-state index in [0.29, 0.717) is 0 Å². The minimum atomic E-state index is -1.23. The highest BCUT2D eigenvalue weighted by Crippen LogP contribution is 2.03. The van der Waals surface area contributed by atoms with Gasteiger partial charge in [0.05, 0.1) is 12.4 Å². The predicted molar refractivity (Wildman–Crippen MR) is 56.5 cm³/mol. The first-order chi connectivity index (χ1) is 7.47. The van der Waals surface area contributed by atoms with Crippen molar-refractivity contribution in [1.29, 1.82) is 0 Å². The SMILES string of the molecule is CCOC(=O)N[C@@H](CSCC(=O)O)C(=O)O. The maximum atomic E-state index is 10.9. The second-order valence-corrected chi connectivity index (χ2v) is 3.69. The molecule has 0 unspecified atom stereocenters. The number of carbonyl (C=O) groups excluding carboxylic acids is 1. The van der Waals surface area contributed by atoms with Crippen LogP contribution in [-0.4, -0.2) is 52.4 Å². The zero-order valence-electron chi connectivity index (χ0n) is 8.63. The number of alkyl carbamates (subject to hydrolysis) is 1. The van der Waals surface area contributed by atoms with Crippen molar-refractivity contribution >= 4 is 29.8 Å². The van der Waals surface area contributed by atoms with Crippen LogP contribution in [-0.2, 0) is 14.3 Å². The Hall–Kier alpha value is -1.44. The molecule has 0 radical (unpaired) electrons. The monoisotopic (exact) mass is 251 g/mol. The summed E-state index contributed by atoms with van der Waals surface area (Å²) in [6.45, 7) is 1.73. The van der Waals surface area contributed by atoms with Crippen molar-refractivity contribution in [3.8, 4) is 0 Å². The lowest BCUT2D eigenvalue weighted by Crippen LogP contribution is -2.43. The van der Waals surface area contributed by atoms with Gasteiger partial charge in [-0.05, 0) is 6.92 Å². The highest BCUT2D eigenvalue weighted by Gasteiger charge is 2.20. The summed E-state index contributed by atoms with van der Waals surface area (Å²) in [6, 6.07) is -1.15. The van der Waals surface area contributed by atoms with Crippen molar-refractivity contribution in [2.75, 3.05) is 18.1 Å². The molecule has 8 heteroatoms. The Balaban J connectivity index is 4.02. The first kappa shape index (κ1) is 14.6. The quantitative estimate of drug-likeness (QED) is 0.583. The Bertz CT molecular complexity index is 269. The van der Waals surface area contributed by atoms with Gasteiger partial charge in [0.15, 0.2) is 0 Å². The lowest BCUT2D eigenvalue weighted by molar-refractivity contribution is -0.139. The number of thioether (sulfide) groups is 1. The molecule has 0 spiro atoms. The Kier molecular flexibility index (Phi) is 7.10. The van der Waals surface area contributed by atoms with E-state index in [1.807, 2.05) is 0 Å². The molecule has 3 N–H and O–H groups in total. The molecule has 0 aliphatic rings. The van der Waals surface area contributed by atoms with Gasteiger partial charge < -0.3 is 20.3 Å². The fraction of sp³-hybridized carbons (Fsp3) is 0.625. The Morgan fingerprint density at radius 1 is 1.38 bits per heavy atom. The molecule has 0 aliphatic heterocycles. The van der Waals surface area contributed by atoms with Crippen molar-refractivity contribution in [1.82, 2.24) is 5.32 Å². The number of nitrogens with one attached hydrogen (secondary N) is 1. The van der Waals surface area contributed by atoms with E-state index >= 15 is 0 Å². The van der Waals surface area contributed by atoms with Crippen molar-refractivity contribution in [2.24, 2.45) is 0 Å². The summed E-state index contributed by atoms with van der Waals surface area (Å²) in [6.07, 6.45) is -0.828. The standard InChI is InChI=1S/C8H13NO6S/c1-2-15-8(14)9-5(7(12)13)3-16-4-6(10)11/h5H,2-4H2,1H3,(H,9,14)(H,10,11)(H,12,13)/t5-/m0/s1. The van der Waals surface area contributed by atoms with Crippen LogP contribution in [0.5, 0.6) is 0 Å². The molecular weight excluding hydrogens is 238 g/mol. The molecule has 0 aromatic heterocycles. The predicted octanol–water partition coefficient (Wildman–Crippen LogP) is 0.00350. The molecule has 0 rings (SSSR count). The van der Waals surface area contributed by atoms with Crippen LogP contribution >= 0.6 is 11.8 Å². The third-order valence-corrected chi connectivity index (χ3v) is 2.40. The summed E-state index contributed by atoms with van der Waals surface area (Å²) < 4.78 is 4.51. The van der Waals surface area contributed by atoms with Gasteiger partial charge in [0, 0.05) is 5.75 Å².